The van der Waals surface area contributed by atoms with E-state index in [0.29, 0.717) is 25.3 Å². The van der Waals surface area contributed by atoms with Gasteiger partial charge in [0.15, 0.2) is 0 Å². The Morgan fingerprint density at radius 3 is 2.55 bits per heavy atom. The molecule has 6 heteroatoms. The summed E-state index contributed by atoms with van der Waals surface area (Å²) >= 11 is 0. The standard InChI is InChI=1S/C14H24N2O4/c1-10-11(5-8-20-10)9-15-13(19)16-14(12(17)18)6-3-2-4-7-14/h10-11H,2-9H2,1H3,(H,17,18)(H2,15,16,19). The predicted molar refractivity (Wildman–Crippen MR) is 73.5 cm³/mol. The van der Waals surface area contributed by atoms with Crippen LogP contribution in [0.1, 0.15) is 45.4 Å². The van der Waals surface area contributed by atoms with E-state index >= 15 is 0 Å². The number of rotatable bonds is 4. The Balaban J connectivity index is 1.84. The molecule has 1 saturated carbocycles. The number of hydrogen-bond donors (Lipinski definition) is 3. The van der Waals surface area contributed by atoms with E-state index in [9.17, 15) is 14.7 Å². The Labute approximate surface area is 119 Å². The second kappa shape index (κ2) is 6.43. The first-order valence-electron chi connectivity index (χ1n) is 7.44. The van der Waals surface area contributed by atoms with E-state index in [2.05, 4.69) is 10.6 Å². The summed E-state index contributed by atoms with van der Waals surface area (Å²) in [6.07, 6.45) is 4.84. The Morgan fingerprint density at radius 1 is 1.30 bits per heavy atom. The van der Waals surface area contributed by atoms with E-state index in [1.165, 1.54) is 0 Å². The number of aliphatic carboxylic acids is 1. The van der Waals surface area contributed by atoms with Crippen molar-refractivity contribution < 1.29 is 19.4 Å². The average molecular weight is 284 g/mol. The number of carbonyl (C=O) groups is 2. The lowest BCUT2D eigenvalue weighted by Gasteiger charge is -2.34. The van der Waals surface area contributed by atoms with Crippen LogP contribution in [0, 0.1) is 5.92 Å². The third kappa shape index (κ3) is 3.42. The molecule has 2 atom stereocenters. The molecule has 2 amide bonds. The van der Waals surface area contributed by atoms with Crippen LogP contribution >= 0.6 is 0 Å². The second-order valence-corrected chi connectivity index (χ2v) is 5.91. The summed E-state index contributed by atoms with van der Waals surface area (Å²) in [6.45, 7) is 3.26. The zero-order valence-corrected chi connectivity index (χ0v) is 12.0. The first-order chi connectivity index (χ1) is 9.53. The van der Waals surface area contributed by atoms with Crippen LogP contribution < -0.4 is 10.6 Å². The molecule has 2 aliphatic rings. The molecule has 0 radical (unpaired) electrons. The summed E-state index contributed by atoms with van der Waals surface area (Å²) in [7, 11) is 0. The molecule has 2 rings (SSSR count). The van der Waals surface area contributed by atoms with E-state index in [4.69, 9.17) is 4.74 Å². The average Bonchev–Trinajstić information content (AvgIpc) is 2.83. The second-order valence-electron chi connectivity index (χ2n) is 5.91. The lowest BCUT2D eigenvalue weighted by Crippen LogP contribution is -2.58. The zero-order valence-electron chi connectivity index (χ0n) is 12.0. The fourth-order valence-electron chi connectivity index (χ4n) is 3.08. The molecule has 0 bridgehead atoms. The number of amides is 2. The molecule has 2 unspecified atom stereocenters. The van der Waals surface area contributed by atoms with Crippen LogP contribution in [0.4, 0.5) is 4.79 Å². The van der Waals surface area contributed by atoms with Crippen molar-refractivity contribution in [3.63, 3.8) is 0 Å². The topological polar surface area (TPSA) is 87.7 Å². The van der Waals surface area contributed by atoms with Gasteiger partial charge in [0, 0.05) is 19.1 Å². The Morgan fingerprint density at radius 2 is 2.00 bits per heavy atom. The number of nitrogens with one attached hydrogen (secondary N) is 2. The molecule has 0 aromatic carbocycles. The lowest BCUT2D eigenvalue weighted by molar-refractivity contribution is -0.145. The van der Waals surface area contributed by atoms with E-state index in [0.717, 1.165) is 32.3 Å². The summed E-state index contributed by atoms with van der Waals surface area (Å²) in [5.74, 6) is -0.613. The quantitative estimate of drug-likeness (QED) is 0.730. The normalized spacial score (nSPS) is 28.9. The molecule has 20 heavy (non-hydrogen) atoms. The first-order valence-corrected chi connectivity index (χ1v) is 7.44. The number of carbonyl (C=O) groups excluding carboxylic acids is 1. The monoisotopic (exact) mass is 284 g/mol. The van der Waals surface area contributed by atoms with Crippen molar-refractivity contribution in [2.24, 2.45) is 5.92 Å². The third-order valence-electron chi connectivity index (χ3n) is 4.53. The molecule has 1 heterocycles. The fraction of sp³-hybridized carbons (Fsp3) is 0.857. The van der Waals surface area contributed by atoms with Gasteiger partial charge < -0.3 is 20.5 Å². The molecule has 1 aliphatic heterocycles. The van der Waals surface area contributed by atoms with Crippen LogP contribution in [0.5, 0.6) is 0 Å². The molecule has 2 fully saturated rings. The molecular weight excluding hydrogens is 260 g/mol. The molecule has 6 nitrogen and oxygen atoms in total. The highest BCUT2D eigenvalue weighted by molar-refractivity contribution is 5.86. The Hall–Kier alpha value is -1.30. The summed E-state index contributed by atoms with van der Waals surface area (Å²) in [4.78, 5) is 23.4. The molecule has 114 valence electrons. The minimum Gasteiger partial charge on any atom is -0.480 e. The fourth-order valence-corrected chi connectivity index (χ4v) is 3.08. The van der Waals surface area contributed by atoms with E-state index in [1.54, 1.807) is 0 Å². The van der Waals surface area contributed by atoms with Gasteiger partial charge in [-0.15, -0.1) is 0 Å². The van der Waals surface area contributed by atoms with Crippen LogP contribution in [-0.4, -0.2) is 41.9 Å². The van der Waals surface area contributed by atoms with Gasteiger partial charge >= 0.3 is 12.0 Å². The highest BCUT2D eigenvalue weighted by atomic mass is 16.5. The maximum Gasteiger partial charge on any atom is 0.329 e. The summed E-state index contributed by atoms with van der Waals surface area (Å²) < 4.78 is 5.44. The van der Waals surface area contributed by atoms with Crippen molar-refractivity contribution in [2.45, 2.75) is 57.1 Å². The molecule has 3 N–H and O–H groups in total. The molecular formula is C14H24N2O4. The highest BCUT2D eigenvalue weighted by Crippen LogP contribution is 2.28. The number of urea groups is 1. The third-order valence-corrected chi connectivity index (χ3v) is 4.53. The Kier molecular flexibility index (Phi) is 4.86. The molecule has 0 aromatic heterocycles. The van der Waals surface area contributed by atoms with Gasteiger partial charge in [0.05, 0.1) is 6.10 Å². The largest absolute Gasteiger partial charge is 0.480 e. The van der Waals surface area contributed by atoms with Gasteiger partial charge in [0.2, 0.25) is 0 Å². The lowest BCUT2D eigenvalue weighted by atomic mass is 9.82. The van der Waals surface area contributed by atoms with E-state index < -0.39 is 11.5 Å². The SMILES string of the molecule is CC1OCCC1CNC(=O)NC1(C(=O)O)CCCCC1. The van der Waals surface area contributed by atoms with Crippen molar-refractivity contribution >= 4 is 12.0 Å². The minimum atomic E-state index is -1.08. The van der Waals surface area contributed by atoms with Crippen molar-refractivity contribution in [3.8, 4) is 0 Å². The van der Waals surface area contributed by atoms with Crippen molar-refractivity contribution in [1.82, 2.24) is 10.6 Å². The van der Waals surface area contributed by atoms with Crippen molar-refractivity contribution in [2.75, 3.05) is 13.2 Å². The number of carboxylic acid groups (broad SMARTS) is 1. The van der Waals surface area contributed by atoms with Crippen LogP contribution in [-0.2, 0) is 9.53 Å². The predicted octanol–water partition coefficient (Wildman–Crippen LogP) is 1.50. The number of carboxylic acids is 1. The molecule has 0 aromatic rings. The van der Waals surface area contributed by atoms with Crippen LogP contribution in [0.15, 0.2) is 0 Å². The van der Waals surface area contributed by atoms with Gasteiger partial charge in [0.25, 0.3) is 0 Å². The summed E-state index contributed by atoms with van der Waals surface area (Å²) in [5, 5.41) is 14.9. The maximum atomic E-state index is 12.0. The maximum absolute atomic E-state index is 12.0. The highest BCUT2D eigenvalue weighted by Gasteiger charge is 2.41. The number of hydrogen-bond acceptors (Lipinski definition) is 3. The van der Waals surface area contributed by atoms with E-state index in [1.807, 2.05) is 6.92 Å². The van der Waals surface area contributed by atoms with Crippen LogP contribution in [0.3, 0.4) is 0 Å². The van der Waals surface area contributed by atoms with Crippen LogP contribution in [0.25, 0.3) is 0 Å². The first kappa shape index (κ1) is 15.1. The molecule has 1 aliphatic carbocycles. The van der Waals surface area contributed by atoms with Gasteiger partial charge in [-0.25, -0.2) is 9.59 Å². The van der Waals surface area contributed by atoms with Gasteiger partial charge in [-0.2, -0.15) is 0 Å². The van der Waals surface area contributed by atoms with Crippen molar-refractivity contribution in [3.05, 3.63) is 0 Å². The van der Waals surface area contributed by atoms with E-state index in [-0.39, 0.29) is 12.1 Å². The summed E-state index contributed by atoms with van der Waals surface area (Å²) in [6, 6.07) is -0.381. The molecule has 1 saturated heterocycles. The Bertz CT molecular complexity index is 366. The van der Waals surface area contributed by atoms with Crippen LogP contribution in [0.2, 0.25) is 0 Å². The van der Waals surface area contributed by atoms with Crippen molar-refractivity contribution in [1.29, 1.82) is 0 Å². The zero-order chi connectivity index (χ0) is 14.6. The minimum absolute atomic E-state index is 0.151. The van der Waals surface area contributed by atoms with Gasteiger partial charge in [-0.1, -0.05) is 19.3 Å². The smallest absolute Gasteiger partial charge is 0.329 e. The summed E-state index contributed by atoms with van der Waals surface area (Å²) in [5.41, 5.74) is -1.08. The van der Waals surface area contributed by atoms with Gasteiger partial charge in [-0.3, -0.25) is 0 Å². The number of ether oxygens (including phenoxy) is 1. The van der Waals surface area contributed by atoms with Gasteiger partial charge in [0.1, 0.15) is 5.54 Å². The van der Waals surface area contributed by atoms with Gasteiger partial charge in [-0.05, 0) is 26.2 Å². The molecule has 0 spiro atoms.